The van der Waals surface area contributed by atoms with Crippen LogP contribution in [0.3, 0.4) is 0 Å². The van der Waals surface area contributed by atoms with Crippen LogP contribution in [0.1, 0.15) is 226 Å². The first-order valence-electron chi connectivity index (χ1n) is 22.4. The van der Waals surface area contributed by atoms with E-state index in [1.807, 2.05) is 6.08 Å². The fraction of sp³-hybridized carbons (Fsp3) is 0.809. The topological polar surface area (TPSA) is 69.6 Å². The molecule has 2 unspecified atom stereocenters. The molecule has 0 aliphatic rings. The van der Waals surface area contributed by atoms with Gasteiger partial charge in [0.1, 0.15) is 0 Å². The molecule has 0 saturated carbocycles. The molecule has 1 amide bonds. The van der Waals surface area contributed by atoms with E-state index in [0.717, 1.165) is 38.5 Å². The fourth-order valence-electron chi connectivity index (χ4n) is 6.56. The number of nitrogens with one attached hydrogen (secondary N) is 1. The summed E-state index contributed by atoms with van der Waals surface area (Å²) in [4.78, 5) is 12.4. The van der Waals surface area contributed by atoms with Gasteiger partial charge in [0, 0.05) is 6.42 Å². The standard InChI is InChI=1S/C47H87NO3/c1-3-5-7-9-11-13-15-17-18-19-20-21-22-23-24-25-26-27-28-29-31-33-35-37-39-41-43-47(51)48-45(44-49)46(50)42-40-38-36-34-32-30-16-14-12-10-8-6-4-2/h12,14,23-24,32,34,40,42,45-46,49-50H,3-11,13,15-22,25-31,33,35-39,41,43-44H2,1-2H3,(H,48,51)/b14-12+,24-23-,34-32+,42-40+. The molecule has 0 aromatic heterocycles. The molecule has 51 heavy (non-hydrogen) atoms. The Morgan fingerprint density at radius 2 is 0.765 bits per heavy atom. The van der Waals surface area contributed by atoms with Gasteiger partial charge in [-0.15, -0.1) is 0 Å². The summed E-state index contributed by atoms with van der Waals surface area (Å²) in [5.74, 6) is -0.0805. The average molecular weight is 714 g/mol. The second-order valence-electron chi connectivity index (χ2n) is 15.1. The van der Waals surface area contributed by atoms with Crippen LogP contribution in [0.5, 0.6) is 0 Å². The van der Waals surface area contributed by atoms with Crippen molar-refractivity contribution in [2.24, 2.45) is 0 Å². The maximum atomic E-state index is 12.4. The molecule has 0 rings (SSSR count). The lowest BCUT2D eigenvalue weighted by Gasteiger charge is -2.19. The molecule has 0 aromatic rings. The number of carbonyl (C=O) groups excluding carboxylic acids is 1. The van der Waals surface area contributed by atoms with E-state index in [4.69, 9.17) is 0 Å². The highest BCUT2D eigenvalue weighted by atomic mass is 16.3. The summed E-state index contributed by atoms with van der Waals surface area (Å²) in [6.45, 7) is 4.26. The van der Waals surface area contributed by atoms with Crippen LogP contribution < -0.4 is 5.32 Å². The normalized spacial score (nSPS) is 13.4. The Morgan fingerprint density at radius 1 is 0.451 bits per heavy atom. The molecule has 0 radical (unpaired) electrons. The maximum absolute atomic E-state index is 12.4. The summed E-state index contributed by atoms with van der Waals surface area (Å²) >= 11 is 0. The van der Waals surface area contributed by atoms with E-state index >= 15 is 0 Å². The Morgan fingerprint density at radius 3 is 1.18 bits per heavy atom. The molecular weight excluding hydrogens is 627 g/mol. The Bertz CT molecular complexity index is 816. The van der Waals surface area contributed by atoms with Gasteiger partial charge in [-0.1, -0.05) is 197 Å². The minimum atomic E-state index is -0.869. The van der Waals surface area contributed by atoms with Gasteiger partial charge in [-0.3, -0.25) is 4.79 Å². The molecule has 0 fully saturated rings. The Labute approximate surface area is 318 Å². The average Bonchev–Trinajstić information content (AvgIpc) is 3.13. The maximum Gasteiger partial charge on any atom is 0.220 e. The van der Waals surface area contributed by atoms with Crippen molar-refractivity contribution in [3.8, 4) is 0 Å². The number of rotatable bonds is 40. The molecule has 0 bridgehead atoms. The van der Waals surface area contributed by atoms with Gasteiger partial charge in [-0.25, -0.2) is 0 Å². The quantitative estimate of drug-likeness (QED) is 0.0437. The van der Waals surface area contributed by atoms with Gasteiger partial charge in [0.05, 0.1) is 18.8 Å². The molecule has 298 valence electrons. The molecule has 0 aliphatic carbocycles. The molecule has 0 spiro atoms. The number of aliphatic hydroxyl groups excluding tert-OH is 2. The first kappa shape index (κ1) is 49.4. The van der Waals surface area contributed by atoms with E-state index in [0.29, 0.717) is 6.42 Å². The number of unbranched alkanes of at least 4 members (excludes halogenated alkanes) is 27. The zero-order valence-corrected chi connectivity index (χ0v) is 34.1. The first-order chi connectivity index (χ1) is 25.2. The number of hydrogen-bond acceptors (Lipinski definition) is 3. The number of carbonyl (C=O) groups is 1. The molecule has 0 aromatic carbocycles. The van der Waals surface area contributed by atoms with Crippen LogP contribution in [-0.4, -0.2) is 34.9 Å². The van der Waals surface area contributed by atoms with E-state index in [1.165, 1.54) is 167 Å². The summed E-state index contributed by atoms with van der Waals surface area (Å²) in [6, 6.07) is -0.645. The van der Waals surface area contributed by atoms with Crippen molar-refractivity contribution in [1.82, 2.24) is 5.32 Å². The second kappa shape index (κ2) is 42.8. The van der Waals surface area contributed by atoms with Gasteiger partial charge in [0.25, 0.3) is 0 Å². The summed E-state index contributed by atoms with van der Waals surface area (Å²) in [6.07, 6.45) is 58.0. The van der Waals surface area contributed by atoms with Gasteiger partial charge >= 0.3 is 0 Å². The lowest BCUT2D eigenvalue weighted by atomic mass is 10.0. The van der Waals surface area contributed by atoms with E-state index in [2.05, 4.69) is 55.6 Å². The van der Waals surface area contributed by atoms with Crippen molar-refractivity contribution < 1.29 is 15.0 Å². The van der Waals surface area contributed by atoms with E-state index in [1.54, 1.807) is 6.08 Å². The van der Waals surface area contributed by atoms with Crippen molar-refractivity contribution in [2.75, 3.05) is 6.61 Å². The summed E-state index contributed by atoms with van der Waals surface area (Å²) < 4.78 is 0. The third-order valence-corrected chi connectivity index (χ3v) is 10.0. The zero-order chi connectivity index (χ0) is 37.1. The van der Waals surface area contributed by atoms with Crippen LogP contribution >= 0.6 is 0 Å². The molecule has 0 saturated heterocycles. The lowest BCUT2D eigenvalue weighted by Crippen LogP contribution is -2.45. The van der Waals surface area contributed by atoms with Gasteiger partial charge < -0.3 is 15.5 Å². The summed E-state index contributed by atoms with van der Waals surface area (Å²) in [5.41, 5.74) is 0. The van der Waals surface area contributed by atoms with E-state index < -0.39 is 12.1 Å². The fourth-order valence-corrected chi connectivity index (χ4v) is 6.56. The van der Waals surface area contributed by atoms with E-state index in [9.17, 15) is 15.0 Å². The van der Waals surface area contributed by atoms with Crippen LogP contribution in [0.2, 0.25) is 0 Å². The number of aliphatic hydroxyl groups is 2. The van der Waals surface area contributed by atoms with Crippen LogP contribution in [-0.2, 0) is 4.79 Å². The second-order valence-corrected chi connectivity index (χ2v) is 15.1. The first-order valence-corrected chi connectivity index (χ1v) is 22.4. The predicted octanol–water partition coefficient (Wildman–Crippen LogP) is 14.0. The number of allylic oxidation sites excluding steroid dienone is 7. The minimum Gasteiger partial charge on any atom is -0.394 e. The molecule has 0 heterocycles. The smallest absolute Gasteiger partial charge is 0.220 e. The highest BCUT2D eigenvalue weighted by Gasteiger charge is 2.17. The summed E-state index contributed by atoms with van der Waals surface area (Å²) in [7, 11) is 0. The van der Waals surface area contributed by atoms with Gasteiger partial charge in [0.2, 0.25) is 5.91 Å². The van der Waals surface area contributed by atoms with Crippen LogP contribution in [0, 0.1) is 0 Å². The zero-order valence-electron chi connectivity index (χ0n) is 34.1. The SMILES string of the molecule is CCCCC/C=C/CC/C=C/CC/C=C/C(O)C(CO)NC(=O)CCCCCCCCCCCC/C=C\CCCCCCCCCCCCCC. The van der Waals surface area contributed by atoms with Crippen LogP contribution in [0.25, 0.3) is 0 Å². The number of amides is 1. The molecule has 4 nitrogen and oxygen atoms in total. The number of hydrogen-bond donors (Lipinski definition) is 3. The van der Waals surface area contributed by atoms with Crippen molar-refractivity contribution in [1.29, 1.82) is 0 Å². The van der Waals surface area contributed by atoms with Crippen molar-refractivity contribution in [2.45, 2.75) is 238 Å². The van der Waals surface area contributed by atoms with Gasteiger partial charge in [0.15, 0.2) is 0 Å². The van der Waals surface area contributed by atoms with Crippen LogP contribution in [0.4, 0.5) is 0 Å². The third kappa shape index (κ3) is 39.4. The van der Waals surface area contributed by atoms with Crippen LogP contribution in [0.15, 0.2) is 48.6 Å². The monoisotopic (exact) mass is 714 g/mol. The third-order valence-electron chi connectivity index (χ3n) is 10.0. The molecule has 4 heteroatoms. The molecule has 0 aliphatic heterocycles. The predicted molar refractivity (Wildman–Crippen MR) is 225 cm³/mol. The molecule has 2 atom stereocenters. The largest absolute Gasteiger partial charge is 0.394 e. The van der Waals surface area contributed by atoms with Gasteiger partial charge in [-0.05, 0) is 70.6 Å². The molecule has 3 N–H and O–H groups in total. The minimum absolute atomic E-state index is 0.0805. The summed E-state index contributed by atoms with van der Waals surface area (Å²) in [5, 5.41) is 22.9. The van der Waals surface area contributed by atoms with Crippen molar-refractivity contribution >= 4 is 5.91 Å². The Balaban J connectivity index is 3.55. The van der Waals surface area contributed by atoms with Gasteiger partial charge in [-0.2, -0.15) is 0 Å². The Kier molecular flexibility index (Phi) is 41.4. The van der Waals surface area contributed by atoms with Crippen molar-refractivity contribution in [3.63, 3.8) is 0 Å². The highest BCUT2D eigenvalue weighted by molar-refractivity contribution is 5.76. The van der Waals surface area contributed by atoms with E-state index in [-0.39, 0.29) is 12.5 Å². The molecular formula is C47H87NO3. The highest BCUT2D eigenvalue weighted by Crippen LogP contribution is 2.14. The Hall–Kier alpha value is -1.65. The van der Waals surface area contributed by atoms with Crippen molar-refractivity contribution in [3.05, 3.63) is 48.6 Å². The lowest BCUT2D eigenvalue weighted by molar-refractivity contribution is -0.123.